The highest BCUT2D eigenvalue weighted by Gasteiger charge is 2.30. The van der Waals surface area contributed by atoms with Crippen molar-refractivity contribution in [3.63, 3.8) is 0 Å². The molecule has 2 N–H and O–H groups in total. The Labute approximate surface area is 232 Å². The van der Waals surface area contributed by atoms with Gasteiger partial charge in [0.1, 0.15) is 12.1 Å². The third kappa shape index (κ3) is 5.69. The third-order valence-electron chi connectivity index (χ3n) is 7.34. The Morgan fingerprint density at radius 3 is 2.40 bits per heavy atom. The average molecular weight is 564 g/mol. The number of pyridine rings is 1. The maximum Gasteiger partial charge on any atom is 0.280 e. The van der Waals surface area contributed by atoms with Crippen LogP contribution >= 0.6 is 0 Å². The van der Waals surface area contributed by atoms with Crippen LogP contribution in [0.2, 0.25) is 0 Å². The van der Waals surface area contributed by atoms with Crippen molar-refractivity contribution >= 4 is 33.1 Å². The quantitative estimate of drug-likeness (QED) is 0.296. The van der Waals surface area contributed by atoms with Crippen molar-refractivity contribution in [2.75, 3.05) is 23.1 Å². The number of likely N-dealkylation sites (tertiary alicyclic amines) is 1. The molecule has 0 atom stereocenters. The van der Waals surface area contributed by atoms with E-state index >= 15 is 0 Å². The second kappa shape index (κ2) is 11.1. The van der Waals surface area contributed by atoms with Gasteiger partial charge in [0.05, 0.1) is 11.3 Å². The number of amides is 1. The van der Waals surface area contributed by atoms with Crippen LogP contribution in [0.3, 0.4) is 0 Å². The normalized spacial score (nSPS) is 14.2. The lowest BCUT2D eigenvalue weighted by atomic mass is 9.89. The maximum atomic E-state index is 13.8. The number of piperidine rings is 1. The predicted molar refractivity (Wildman–Crippen MR) is 150 cm³/mol. The third-order valence-corrected chi connectivity index (χ3v) is 8.74. The molecule has 3 heterocycles. The van der Waals surface area contributed by atoms with Crippen molar-refractivity contribution in [3.05, 3.63) is 94.6 Å². The van der Waals surface area contributed by atoms with Gasteiger partial charge in [-0.15, -0.1) is 0 Å². The van der Waals surface area contributed by atoms with Crippen LogP contribution in [0.5, 0.6) is 0 Å². The number of rotatable bonds is 7. The summed E-state index contributed by atoms with van der Waals surface area (Å²) in [5.74, 6) is -0.264. The number of benzene rings is 2. The van der Waals surface area contributed by atoms with E-state index in [9.17, 15) is 17.6 Å². The molecule has 2 aromatic heterocycles. The van der Waals surface area contributed by atoms with Crippen molar-refractivity contribution in [2.24, 2.45) is 0 Å². The van der Waals surface area contributed by atoms with Gasteiger partial charge in [0.15, 0.2) is 10.8 Å². The number of anilines is 3. The summed E-state index contributed by atoms with van der Waals surface area (Å²) in [4.78, 5) is 19.8. The summed E-state index contributed by atoms with van der Waals surface area (Å²) in [6.07, 6.45) is 4.03. The van der Waals surface area contributed by atoms with Crippen molar-refractivity contribution < 1.29 is 22.1 Å². The molecule has 1 aliphatic heterocycles. The second-order valence-electron chi connectivity index (χ2n) is 10.0. The van der Waals surface area contributed by atoms with E-state index in [1.807, 2.05) is 32.0 Å². The summed E-state index contributed by atoms with van der Waals surface area (Å²) in [7, 11) is -4.13. The van der Waals surface area contributed by atoms with Crippen molar-refractivity contribution in [3.8, 4) is 0 Å². The molecule has 40 heavy (non-hydrogen) atoms. The van der Waals surface area contributed by atoms with E-state index in [-0.39, 0.29) is 34.0 Å². The number of nitrogens with one attached hydrogen (secondary N) is 2. The summed E-state index contributed by atoms with van der Waals surface area (Å²) in [5, 5.41) is 6.68. The highest BCUT2D eigenvalue weighted by molar-refractivity contribution is 7.92. The number of carbonyl (C=O) groups is 1. The number of hydrogen-bond acceptors (Lipinski definition) is 7. The Morgan fingerprint density at radius 1 is 1.02 bits per heavy atom. The molecule has 1 saturated heterocycles. The number of carbonyl (C=O) groups excluding carboxylic acids is 1. The van der Waals surface area contributed by atoms with Gasteiger partial charge in [0.25, 0.3) is 15.9 Å². The fraction of sp³-hybridized carbons (Fsp3) is 0.276. The number of nitrogens with zero attached hydrogens (tertiary/aromatic N) is 3. The maximum absolute atomic E-state index is 13.8. The van der Waals surface area contributed by atoms with Crippen molar-refractivity contribution in [1.82, 2.24) is 15.0 Å². The number of halogens is 1. The smallest absolute Gasteiger partial charge is 0.280 e. The summed E-state index contributed by atoms with van der Waals surface area (Å²) in [6, 6.07) is 13.7. The van der Waals surface area contributed by atoms with Gasteiger partial charge in [-0.25, -0.2) is 9.37 Å². The van der Waals surface area contributed by atoms with Gasteiger partial charge in [-0.2, -0.15) is 8.42 Å². The fourth-order valence-corrected chi connectivity index (χ4v) is 6.10. The fourth-order valence-electron chi connectivity index (χ4n) is 4.92. The zero-order valence-corrected chi connectivity index (χ0v) is 23.3. The minimum absolute atomic E-state index is 0.0223. The van der Waals surface area contributed by atoms with Gasteiger partial charge in [-0.1, -0.05) is 23.4 Å². The number of aryl methyl sites for hydroxylation is 2. The summed E-state index contributed by atoms with van der Waals surface area (Å²) >= 11 is 0. The number of sulfonamides is 1. The molecule has 0 unspecified atom stereocenters. The molecule has 0 spiro atoms. The number of aromatic nitrogens is 2. The minimum Gasteiger partial charge on any atom is -0.363 e. The van der Waals surface area contributed by atoms with Gasteiger partial charge in [-0.05, 0) is 80.5 Å². The zero-order chi connectivity index (χ0) is 28.4. The Hall–Kier alpha value is -4.25. The van der Waals surface area contributed by atoms with Gasteiger partial charge in [-0.3, -0.25) is 9.52 Å². The van der Waals surface area contributed by atoms with Crippen LogP contribution in [0.4, 0.5) is 21.6 Å². The van der Waals surface area contributed by atoms with Crippen LogP contribution in [0.15, 0.2) is 70.5 Å². The molecule has 208 valence electrons. The molecule has 0 radical (unpaired) electrons. The molecular weight excluding hydrogens is 533 g/mol. The highest BCUT2D eigenvalue weighted by Crippen LogP contribution is 2.33. The van der Waals surface area contributed by atoms with Gasteiger partial charge >= 0.3 is 0 Å². The lowest BCUT2D eigenvalue weighted by molar-refractivity contribution is 0.0713. The highest BCUT2D eigenvalue weighted by atomic mass is 32.2. The van der Waals surface area contributed by atoms with Crippen molar-refractivity contribution in [1.29, 1.82) is 0 Å². The minimum atomic E-state index is -4.13. The zero-order valence-electron chi connectivity index (χ0n) is 22.4. The van der Waals surface area contributed by atoms with Crippen LogP contribution in [-0.2, 0) is 10.0 Å². The van der Waals surface area contributed by atoms with Gasteiger partial charge in [0, 0.05) is 36.6 Å². The first-order valence-corrected chi connectivity index (χ1v) is 14.4. The van der Waals surface area contributed by atoms with Crippen LogP contribution < -0.4 is 10.0 Å². The van der Waals surface area contributed by atoms with E-state index in [1.54, 1.807) is 24.0 Å². The Bertz CT molecular complexity index is 1630. The standard InChI is InChI=1S/C29H30FN5O4S/c1-18-4-9-24(16-19(18)2)32-27-20(3)28(40(37,38)34-26-12-15-39-33-26)31-17-25(27)29(36)35-13-10-22(11-14-35)21-5-7-23(30)8-6-21/h4-9,12,15-17,22H,10-11,13-14H2,1-3H3,(H,31,32)(H,33,34). The first kappa shape index (κ1) is 27.3. The summed E-state index contributed by atoms with van der Waals surface area (Å²) < 4.78 is 46.8. The molecule has 4 aromatic rings. The molecule has 1 aliphatic rings. The van der Waals surface area contributed by atoms with Gasteiger partial charge in [0.2, 0.25) is 0 Å². The summed E-state index contributed by atoms with van der Waals surface area (Å²) in [6.45, 7) is 6.62. The van der Waals surface area contributed by atoms with Crippen LogP contribution in [0.25, 0.3) is 0 Å². The van der Waals surface area contributed by atoms with E-state index in [0.29, 0.717) is 30.0 Å². The van der Waals surface area contributed by atoms with Crippen LogP contribution in [0, 0.1) is 26.6 Å². The van der Waals surface area contributed by atoms with E-state index in [0.717, 1.165) is 29.5 Å². The lowest BCUT2D eigenvalue weighted by Gasteiger charge is -2.33. The summed E-state index contributed by atoms with van der Waals surface area (Å²) in [5.41, 5.74) is 4.86. The molecule has 0 bridgehead atoms. The molecule has 11 heteroatoms. The second-order valence-corrected chi connectivity index (χ2v) is 11.6. The molecular formula is C29H30FN5O4S. The van der Waals surface area contributed by atoms with Crippen LogP contribution in [0.1, 0.15) is 51.4 Å². The first-order valence-electron chi connectivity index (χ1n) is 12.9. The molecule has 0 aliphatic carbocycles. The molecule has 2 aromatic carbocycles. The predicted octanol–water partition coefficient (Wildman–Crippen LogP) is 5.70. The van der Waals surface area contributed by atoms with Crippen molar-refractivity contribution in [2.45, 2.75) is 44.6 Å². The molecule has 1 amide bonds. The average Bonchev–Trinajstić information content (AvgIpc) is 3.44. The van der Waals surface area contributed by atoms with Crippen LogP contribution in [-0.4, -0.2) is 42.5 Å². The van der Waals surface area contributed by atoms with Gasteiger partial charge < -0.3 is 14.7 Å². The SMILES string of the molecule is Cc1ccc(Nc2c(C(=O)N3CCC(c4ccc(F)cc4)CC3)cnc(S(=O)(=O)Nc3ccon3)c2C)cc1C. The van der Waals surface area contributed by atoms with E-state index in [4.69, 9.17) is 4.52 Å². The monoisotopic (exact) mass is 563 g/mol. The molecule has 0 saturated carbocycles. The largest absolute Gasteiger partial charge is 0.363 e. The molecule has 9 nitrogen and oxygen atoms in total. The molecule has 5 rings (SSSR count). The Morgan fingerprint density at radius 2 is 1.75 bits per heavy atom. The van der Waals surface area contributed by atoms with E-state index in [1.165, 1.54) is 30.7 Å². The number of hydrogen-bond donors (Lipinski definition) is 2. The Kier molecular flexibility index (Phi) is 7.57. The lowest BCUT2D eigenvalue weighted by Crippen LogP contribution is -2.38. The molecule has 1 fully saturated rings. The van der Waals surface area contributed by atoms with E-state index in [2.05, 4.69) is 20.2 Å². The topological polar surface area (TPSA) is 117 Å². The van der Waals surface area contributed by atoms with E-state index < -0.39 is 10.0 Å². The first-order chi connectivity index (χ1) is 19.1. The Balaban J connectivity index is 1.46.